The van der Waals surface area contributed by atoms with Crippen LogP contribution in [0.1, 0.15) is 31.2 Å². The van der Waals surface area contributed by atoms with Crippen molar-refractivity contribution in [2.45, 2.75) is 37.1 Å². The minimum atomic E-state index is -3.23. The molecule has 23 heavy (non-hydrogen) atoms. The number of carbonyl (C=O) groups is 1. The number of piperidine rings is 1. The van der Waals surface area contributed by atoms with Gasteiger partial charge in [0.05, 0.1) is 11.7 Å². The highest BCUT2D eigenvalue weighted by molar-refractivity contribution is 7.88. The van der Waals surface area contributed by atoms with Gasteiger partial charge in [-0.1, -0.05) is 12.1 Å². The van der Waals surface area contributed by atoms with Crippen molar-refractivity contribution in [3.05, 3.63) is 35.6 Å². The molecular weight excluding hydrogens is 319 g/mol. The van der Waals surface area contributed by atoms with Crippen LogP contribution in [0.15, 0.2) is 24.3 Å². The van der Waals surface area contributed by atoms with Crippen molar-refractivity contribution in [1.29, 1.82) is 0 Å². The van der Waals surface area contributed by atoms with Crippen LogP contribution in [0.5, 0.6) is 0 Å². The van der Waals surface area contributed by atoms with Gasteiger partial charge in [-0.15, -0.1) is 0 Å². The second-order valence-corrected chi connectivity index (χ2v) is 8.51. The Bertz CT molecular complexity index is 699. The molecule has 1 aromatic carbocycles. The molecular formula is C16H21FN2O3S. The van der Waals surface area contributed by atoms with Gasteiger partial charge in [-0.25, -0.2) is 17.1 Å². The lowest BCUT2D eigenvalue weighted by Crippen LogP contribution is -2.51. The summed E-state index contributed by atoms with van der Waals surface area (Å²) < 4.78 is 37.8. The van der Waals surface area contributed by atoms with E-state index in [0.29, 0.717) is 13.1 Å². The molecule has 1 saturated heterocycles. The fourth-order valence-electron chi connectivity index (χ4n) is 3.23. The van der Waals surface area contributed by atoms with Crippen LogP contribution in [0.2, 0.25) is 0 Å². The third-order valence-electron chi connectivity index (χ3n) is 4.77. The third-order valence-corrected chi connectivity index (χ3v) is 6.04. The van der Waals surface area contributed by atoms with Crippen molar-refractivity contribution in [2.75, 3.05) is 19.3 Å². The highest BCUT2D eigenvalue weighted by Crippen LogP contribution is 2.48. The number of rotatable bonds is 4. The molecule has 1 aliphatic carbocycles. The molecule has 2 aliphatic rings. The van der Waals surface area contributed by atoms with Crippen molar-refractivity contribution in [2.24, 2.45) is 0 Å². The van der Waals surface area contributed by atoms with Crippen LogP contribution in [0.25, 0.3) is 0 Å². The molecule has 0 aromatic heterocycles. The zero-order chi connectivity index (χ0) is 16.7. The summed E-state index contributed by atoms with van der Waals surface area (Å²) in [6.45, 7) is 0.832. The van der Waals surface area contributed by atoms with Gasteiger partial charge in [0, 0.05) is 19.1 Å². The van der Waals surface area contributed by atoms with Gasteiger partial charge in [0.25, 0.3) is 0 Å². The zero-order valence-electron chi connectivity index (χ0n) is 13.1. The Morgan fingerprint density at radius 3 is 2.52 bits per heavy atom. The summed E-state index contributed by atoms with van der Waals surface area (Å²) in [4.78, 5) is 12.7. The van der Waals surface area contributed by atoms with E-state index in [0.717, 1.165) is 31.2 Å². The minimum Gasteiger partial charge on any atom is -0.351 e. The van der Waals surface area contributed by atoms with Crippen molar-refractivity contribution < 1.29 is 17.6 Å². The summed E-state index contributed by atoms with van der Waals surface area (Å²) in [5.41, 5.74) is 0.258. The molecule has 7 heteroatoms. The summed E-state index contributed by atoms with van der Waals surface area (Å²) in [6, 6.07) is 5.89. The summed E-state index contributed by atoms with van der Waals surface area (Å²) in [6.07, 6.45) is 4.19. The minimum absolute atomic E-state index is 0.0792. The van der Waals surface area contributed by atoms with Gasteiger partial charge in [0.2, 0.25) is 15.9 Å². The first-order valence-corrected chi connectivity index (χ1v) is 9.68. The SMILES string of the molecule is CS(=O)(=O)N1CCC[C@H](NC(=O)C2(c3ccc(F)cc3)CC2)C1. The highest BCUT2D eigenvalue weighted by Gasteiger charge is 2.51. The number of halogens is 1. The average molecular weight is 340 g/mol. The van der Waals surface area contributed by atoms with Gasteiger partial charge in [-0.05, 0) is 43.4 Å². The van der Waals surface area contributed by atoms with Crippen LogP contribution < -0.4 is 5.32 Å². The van der Waals surface area contributed by atoms with Crippen molar-refractivity contribution in [3.8, 4) is 0 Å². The van der Waals surface area contributed by atoms with E-state index in [-0.39, 0.29) is 17.8 Å². The number of hydrogen-bond donors (Lipinski definition) is 1. The largest absolute Gasteiger partial charge is 0.351 e. The van der Waals surface area contributed by atoms with Crippen molar-refractivity contribution in [3.63, 3.8) is 0 Å². The lowest BCUT2D eigenvalue weighted by molar-refractivity contribution is -0.124. The molecule has 0 bridgehead atoms. The molecule has 1 aromatic rings. The van der Waals surface area contributed by atoms with E-state index < -0.39 is 15.4 Å². The Balaban J connectivity index is 1.68. The van der Waals surface area contributed by atoms with Gasteiger partial charge in [-0.3, -0.25) is 4.79 Å². The van der Waals surface area contributed by atoms with Gasteiger partial charge in [0.1, 0.15) is 5.82 Å². The molecule has 1 aliphatic heterocycles. The van der Waals surface area contributed by atoms with E-state index >= 15 is 0 Å². The van der Waals surface area contributed by atoms with Crippen LogP contribution in [0.4, 0.5) is 4.39 Å². The van der Waals surface area contributed by atoms with Gasteiger partial charge in [-0.2, -0.15) is 0 Å². The van der Waals surface area contributed by atoms with E-state index in [1.54, 1.807) is 12.1 Å². The highest BCUT2D eigenvalue weighted by atomic mass is 32.2. The zero-order valence-corrected chi connectivity index (χ0v) is 13.9. The molecule has 2 fully saturated rings. The maximum atomic E-state index is 13.1. The molecule has 5 nitrogen and oxygen atoms in total. The normalized spacial score (nSPS) is 24.2. The molecule has 0 radical (unpaired) electrons. The first-order chi connectivity index (χ1) is 10.8. The lowest BCUT2D eigenvalue weighted by atomic mass is 9.94. The molecule has 1 saturated carbocycles. The predicted octanol–water partition coefficient (Wildman–Crippen LogP) is 1.40. The van der Waals surface area contributed by atoms with Crippen LogP contribution in [-0.4, -0.2) is 44.0 Å². The average Bonchev–Trinajstić information content (AvgIpc) is 3.29. The van der Waals surface area contributed by atoms with Crippen LogP contribution in [0.3, 0.4) is 0 Å². The van der Waals surface area contributed by atoms with Gasteiger partial charge in [0.15, 0.2) is 0 Å². The maximum absolute atomic E-state index is 13.1. The Morgan fingerprint density at radius 2 is 1.96 bits per heavy atom. The Labute approximate surface area is 135 Å². The molecule has 3 rings (SSSR count). The summed E-state index contributed by atoms with van der Waals surface area (Å²) in [5, 5.41) is 3.00. The lowest BCUT2D eigenvalue weighted by Gasteiger charge is -2.32. The number of benzene rings is 1. The molecule has 126 valence electrons. The summed E-state index contributed by atoms with van der Waals surface area (Å²) >= 11 is 0. The van der Waals surface area contributed by atoms with Gasteiger partial charge >= 0.3 is 0 Å². The number of hydrogen-bond acceptors (Lipinski definition) is 3. The predicted molar refractivity (Wildman–Crippen MR) is 84.9 cm³/mol. The number of amides is 1. The number of nitrogens with zero attached hydrogens (tertiary/aromatic N) is 1. The Morgan fingerprint density at radius 1 is 1.30 bits per heavy atom. The van der Waals surface area contributed by atoms with Crippen LogP contribution in [-0.2, 0) is 20.2 Å². The fraction of sp³-hybridized carbons (Fsp3) is 0.562. The van der Waals surface area contributed by atoms with E-state index in [1.807, 2.05) is 0 Å². The second-order valence-electron chi connectivity index (χ2n) is 6.52. The molecule has 0 spiro atoms. The van der Waals surface area contributed by atoms with Crippen LogP contribution >= 0.6 is 0 Å². The topological polar surface area (TPSA) is 66.5 Å². The maximum Gasteiger partial charge on any atom is 0.230 e. The number of nitrogens with one attached hydrogen (secondary N) is 1. The molecule has 1 heterocycles. The number of sulfonamides is 1. The first kappa shape index (κ1) is 16.4. The van der Waals surface area contributed by atoms with Crippen LogP contribution in [0, 0.1) is 5.82 Å². The van der Waals surface area contributed by atoms with Gasteiger partial charge < -0.3 is 5.32 Å². The summed E-state index contributed by atoms with van der Waals surface area (Å²) in [5.74, 6) is -0.398. The molecule has 1 N–H and O–H groups in total. The Kier molecular flexibility index (Phi) is 4.18. The quantitative estimate of drug-likeness (QED) is 0.901. The smallest absolute Gasteiger partial charge is 0.230 e. The van der Waals surface area contributed by atoms with Crippen molar-refractivity contribution in [1.82, 2.24) is 9.62 Å². The van der Waals surface area contributed by atoms with E-state index in [4.69, 9.17) is 0 Å². The standard InChI is InChI=1S/C16H21FN2O3S/c1-23(21,22)19-10-2-3-14(11-19)18-15(20)16(8-9-16)12-4-6-13(17)7-5-12/h4-7,14H,2-3,8-11H2,1H3,(H,18,20)/t14-/m0/s1. The van der Waals surface area contributed by atoms with E-state index in [9.17, 15) is 17.6 Å². The van der Waals surface area contributed by atoms with E-state index in [1.165, 1.54) is 22.7 Å². The fourth-order valence-corrected chi connectivity index (χ4v) is 4.14. The first-order valence-electron chi connectivity index (χ1n) is 7.83. The third kappa shape index (κ3) is 3.40. The Hall–Kier alpha value is -1.47. The molecule has 0 unspecified atom stereocenters. The van der Waals surface area contributed by atoms with E-state index in [2.05, 4.69) is 5.32 Å². The monoisotopic (exact) mass is 340 g/mol. The number of carbonyl (C=O) groups excluding carboxylic acids is 1. The second kappa shape index (κ2) is 5.87. The molecule has 1 atom stereocenters. The molecule has 1 amide bonds. The summed E-state index contributed by atoms with van der Waals surface area (Å²) in [7, 11) is -3.23. The van der Waals surface area contributed by atoms with Crippen molar-refractivity contribution >= 4 is 15.9 Å².